The van der Waals surface area contributed by atoms with Gasteiger partial charge in [0.05, 0.1) is 13.7 Å². The molecule has 0 radical (unpaired) electrons. The predicted octanol–water partition coefficient (Wildman–Crippen LogP) is 2.18. The maximum atomic E-state index is 11.5. The molecule has 0 aliphatic heterocycles. The molecule has 1 aliphatic rings. The van der Waals surface area contributed by atoms with Crippen LogP contribution in [0.4, 0.5) is 5.13 Å². The maximum absolute atomic E-state index is 11.5. The summed E-state index contributed by atoms with van der Waals surface area (Å²) < 4.78 is 9.86. The minimum absolute atomic E-state index is 0.381. The molecule has 1 aliphatic carbocycles. The highest BCUT2D eigenvalue weighted by Gasteiger charge is 2.33. The van der Waals surface area contributed by atoms with Crippen LogP contribution < -0.4 is 4.90 Å². The largest absolute Gasteiger partial charge is 0.464 e. The lowest BCUT2D eigenvalue weighted by Crippen LogP contribution is -2.37. The Kier molecular flexibility index (Phi) is 4.76. The van der Waals surface area contributed by atoms with E-state index in [1.54, 1.807) is 12.5 Å². The monoisotopic (exact) mass is 284 g/mol. The van der Waals surface area contributed by atoms with Crippen LogP contribution in [0, 0.1) is 5.92 Å². The van der Waals surface area contributed by atoms with Crippen LogP contribution in [-0.4, -0.2) is 44.4 Å². The second-order valence-corrected chi connectivity index (χ2v) is 5.61. The fourth-order valence-corrected chi connectivity index (χ4v) is 3.00. The zero-order chi connectivity index (χ0) is 13.8. The van der Waals surface area contributed by atoms with Crippen LogP contribution in [0.3, 0.4) is 0 Å². The molecular formula is C13H20N2O3S. The van der Waals surface area contributed by atoms with Gasteiger partial charge in [0.2, 0.25) is 0 Å². The number of hydrogen-bond acceptors (Lipinski definition) is 6. The highest BCUT2D eigenvalue weighted by Crippen LogP contribution is 2.37. The van der Waals surface area contributed by atoms with Crippen LogP contribution in [0.25, 0.3) is 0 Å². The topological polar surface area (TPSA) is 51.7 Å². The Morgan fingerprint density at radius 2 is 2.32 bits per heavy atom. The van der Waals surface area contributed by atoms with Gasteiger partial charge in [-0.05, 0) is 25.7 Å². The number of methoxy groups -OCH3 is 2. The zero-order valence-electron chi connectivity index (χ0n) is 11.6. The van der Waals surface area contributed by atoms with Crippen molar-refractivity contribution in [3.63, 3.8) is 0 Å². The normalized spacial score (nSPS) is 16.2. The van der Waals surface area contributed by atoms with Crippen molar-refractivity contribution >= 4 is 22.4 Å². The van der Waals surface area contributed by atoms with Gasteiger partial charge in [-0.1, -0.05) is 0 Å². The van der Waals surface area contributed by atoms with Gasteiger partial charge in [0, 0.05) is 25.1 Å². The summed E-state index contributed by atoms with van der Waals surface area (Å²) >= 11 is 1.48. The van der Waals surface area contributed by atoms with Crippen molar-refractivity contribution in [3.05, 3.63) is 11.1 Å². The molecule has 6 heteroatoms. The predicted molar refractivity (Wildman–Crippen MR) is 74.9 cm³/mol. The van der Waals surface area contributed by atoms with Crippen LogP contribution in [-0.2, 0) is 9.47 Å². The molecule has 5 nitrogen and oxygen atoms in total. The smallest absolute Gasteiger partial charge is 0.357 e. The van der Waals surface area contributed by atoms with E-state index in [9.17, 15) is 4.79 Å². The maximum Gasteiger partial charge on any atom is 0.357 e. The molecule has 1 saturated carbocycles. The summed E-state index contributed by atoms with van der Waals surface area (Å²) in [4.78, 5) is 18.1. The molecule has 1 unspecified atom stereocenters. The first kappa shape index (κ1) is 14.3. The van der Waals surface area contributed by atoms with E-state index in [4.69, 9.17) is 9.47 Å². The number of hydrogen-bond donors (Lipinski definition) is 0. The number of thiazole rings is 1. The first-order valence-corrected chi connectivity index (χ1v) is 7.34. The van der Waals surface area contributed by atoms with Gasteiger partial charge in [0.15, 0.2) is 10.8 Å². The van der Waals surface area contributed by atoms with Crippen molar-refractivity contribution < 1.29 is 14.3 Å². The molecule has 1 fully saturated rings. The Hall–Kier alpha value is -1.14. The minimum atomic E-state index is -0.381. The average Bonchev–Trinajstić information content (AvgIpc) is 3.17. The highest BCUT2D eigenvalue weighted by atomic mass is 32.1. The Balaban J connectivity index is 2.12. The summed E-state index contributed by atoms with van der Waals surface area (Å²) in [6.07, 6.45) is 2.56. The standard InChI is InChI=1S/C13H20N2O3S/c1-9(10-4-5-10)15(6-7-17-2)13-14-11(8-19-13)12(16)18-3/h8-10H,4-7H2,1-3H3. The number of anilines is 1. The minimum Gasteiger partial charge on any atom is -0.464 e. The lowest BCUT2D eigenvalue weighted by Gasteiger charge is -2.28. The van der Waals surface area contributed by atoms with E-state index < -0.39 is 0 Å². The molecule has 106 valence electrons. The second-order valence-electron chi connectivity index (χ2n) is 4.77. The van der Waals surface area contributed by atoms with Crippen molar-refractivity contribution in [2.24, 2.45) is 5.92 Å². The van der Waals surface area contributed by atoms with Crippen molar-refractivity contribution in [2.75, 3.05) is 32.3 Å². The quantitative estimate of drug-likeness (QED) is 0.718. The van der Waals surface area contributed by atoms with Crippen molar-refractivity contribution in [1.82, 2.24) is 4.98 Å². The molecule has 1 aromatic heterocycles. The Morgan fingerprint density at radius 1 is 1.58 bits per heavy atom. The lowest BCUT2D eigenvalue weighted by molar-refractivity contribution is 0.0595. The average molecular weight is 284 g/mol. The Morgan fingerprint density at radius 3 is 2.89 bits per heavy atom. The molecule has 0 bridgehead atoms. The van der Waals surface area contributed by atoms with Gasteiger partial charge >= 0.3 is 5.97 Å². The van der Waals surface area contributed by atoms with E-state index in [1.807, 2.05) is 0 Å². The third kappa shape index (κ3) is 3.45. The lowest BCUT2D eigenvalue weighted by atomic mass is 10.2. The van der Waals surface area contributed by atoms with Crippen LogP contribution in [0.5, 0.6) is 0 Å². The molecule has 2 rings (SSSR count). The van der Waals surface area contributed by atoms with Crippen LogP contribution >= 0.6 is 11.3 Å². The number of carbonyl (C=O) groups is 1. The number of esters is 1. The molecule has 0 spiro atoms. The van der Waals surface area contributed by atoms with Crippen molar-refractivity contribution in [3.8, 4) is 0 Å². The van der Waals surface area contributed by atoms with E-state index in [0.717, 1.165) is 17.6 Å². The molecule has 0 amide bonds. The molecule has 19 heavy (non-hydrogen) atoms. The Labute approximate surface area is 117 Å². The summed E-state index contributed by atoms with van der Waals surface area (Å²) in [5, 5.41) is 2.62. The van der Waals surface area contributed by atoms with Crippen LogP contribution in [0.1, 0.15) is 30.3 Å². The molecule has 1 aromatic rings. The third-order valence-electron chi connectivity index (χ3n) is 3.46. The van der Waals surface area contributed by atoms with Gasteiger partial charge in [0.25, 0.3) is 0 Å². The molecular weight excluding hydrogens is 264 g/mol. The summed E-state index contributed by atoms with van der Waals surface area (Å²) in [6, 6.07) is 0.437. The van der Waals surface area contributed by atoms with E-state index >= 15 is 0 Å². The number of ether oxygens (including phenoxy) is 2. The van der Waals surface area contributed by atoms with Gasteiger partial charge < -0.3 is 14.4 Å². The number of carbonyl (C=O) groups excluding carboxylic acids is 1. The second kappa shape index (κ2) is 6.34. The van der Waals surface area contributed by atoms with Gasteiger partial charge in [-0.2, -0.15) is 0 Å². The fraction of sp³-hybridized carbons (Fsp3) is 0.692. The summed E-state index contributed by atoms with van der Waals surface area (Å²) in [5.41, 5.74) is 0.382. The number of rotatable bonds is 7. The molecule has 0 saturated heterocycles. The van der Waals surface area contributed by atoms with Gasteiger partial charge in [-0.15, -0.1) is 11.3 Å². The van der Waals surface area contributed by atoms with Gasteiger partial charge in [-0.3, -0.25) is 0 Å². The summed E-state index contributed by atoms with van der Waals surface area (Å²) in [7, 11) is 3.07. The van der Waals surface area contributed by atoms with E-state index in [2.05, 4.69) is 16.8 Å². The third-order valence-corrected chi connectivity index (χ3v) is 4.34. The van der Waals surface area contributed by atoms with Gasteiger partial charge in [-0.25, -0.2) is 9.78 Å². The SMILES string of the molecule is COCCN(c1nc(C(=O)OC)cs1)C(C)C1CC1. The summed E-state index contributed by atoms with van der Waals surface area (Å²) in [5.74, 6) is 0.357. The van der Waals surface area contributed by atoms with E-state index in [0.29, 0.717) is 18.3 Å². The molecule has 0 aromatic carbocycles. The Bertz CT molecular complexity index is 431. The molecule has 1 heterocycles. The first-order valence-electron chi connectivity index (χ1n) is 6.46. The van der Waals surface area contributed by atoms with E-state index in [1.165, 1.54) is 31.3 Å². The highest BCUT2D eigenvalue weighted by molar-refractivity contribution is 7.13. The van der Waals surface area contributed by atoms with Crippen LogP contribution in [0.2, 0.25) is 0 Å². The number of nitrogens with zero attached hydrogens (tertiary/aromatic N) is 2. The zero-order valence-corrected chi connectivity index (χ0v) is 12.4. The summed E-state index contributed by atoms with van der Waals surface area (Å²) in [6.45, 7) is 3.67. The van der Waals surface area contributed by atoms with Crippen molar-refractivity contribution in [2.45, 2.75) is 25.8 Å². The van der Waals surface area contributed by atoms with E-state index in [-0.39, 0.29) is 5.97 Å². The number of aromatic nitrogens is 1. The first-order chi connectivity index (χ1) is 9.17. The van der Waals surface area contributed by atoms with Crippen molar-refractivity contribution in [1.29, 1.82) is 0 Å². The fourth-order valence-electron chi connectivity index (χ4n) is 2.09. The molecule has 0 N–H and O–H groups in total. The molecule has 1 atom stereocenters. The van der Waals surface area contributed by atoms with Gasteiger partial charge in [0.1, 0.15) is 0 Å². The van der Waals surface area contributed by atoms with Crippen LogP contribution in [0.15, 0.2) is 5.38 Å².